The third-order valence-corrected chi connectivity index (χ3v) is 3.69. The molecule has 0 heterocycles. The summed E-state index contributed by atoms with van der Waals surface area (Å²) in [4.78, 5) is 11.4. The van der Waals surface area contributed by atoms with Gasteiger partial charge in [-0.1, -0.05) is 50.1 Å². The number of hydrogen-bond donors (Lipinski definition) is 1. The summed E-state index contributed by atoms with van der Waals surface area (Å²) in [6.45, 7) is 2.31. The van der Waals surface area contributed by atoms with Crippen molar-refractivity contribution < 1.29 is 19.0 Å². The number of benzene rings is 2. The fraction of sp³-hybridized carbons (Fsp3) is 0.316. The Kier molecular flexibility index (Phi) is 6.15. The molecule has 0 radical (unpaired) electrons. The third-order valence-electron chi connectivity index (χ3n) is 3.69. The molecule has 0 aliphatic carbocycles. The first-order valence-corrected chi connectivity index (χ1v) is 7.80. The molecule has 0 bridgehead atoms. The highest BCUT2D eigenvalue weighted by Crippen LogP contribution is 2.27. The fourth-order valence-electron chi connectivity index (χ4n) is 2.45. The van der Waals surface area contributed by atoms with Crippen LogP contribution in [0.5, 0.6) is 5.75 Å². The van der Waals surface area contributed by atoms with Gasteiger partial charge in [-0.15, -0.1) is 0 Å². The summed E-state index contributed by atoms with van der Waals surface area (Å²) >= 11 is 0. The van der Waals surface area contributed by atoms with Gasteiger partial charge in [0.2, 0.25) is 0 Å². The number of carboxylic acid groups (broad SMARTS) is 1. The molecular formula is C19H21FO3. The number of unbranched alkanes of at least 4 members (excludes halogenated alkanes) is 1. The molecule has 0 aliphatic rings. The van der Waals surface area contributed by atoms with Crippen LogP contribution in [0.3, 0.4) is 0 Å². The van der Waals surface area contributed by atoms with Gasteiger partial charge in [0, 0.05) is 6.07 Å². The van der Waals surface area contributed by atoms with E-state index in [1.807, 2.05) is 37.3 Å². The Hall–Kier alpha value is -2.36. The number of ether oxygens (including phenoxy) is 1. The highest BCUT2D eigenvalue weighted by Gasteiger charge is 2.20. The molecule has 3 nitrogen and oxygen atoms in total. The normalized spacial score (nSPS) is 11.9. The lowest BCUT2D eigenvalue weighted by Gasteiger charge is -2.14. The maximum Gasteiger partial charge on any atom is 0.310 e. The van der Waals surface area contributed by atoms with Crippen LogP contribution >= 0.6 is 0 Å². The van der Waals surface area contributed by atoms with E-state index in [-0.39, 0.29) is 0 Å². The molecule has 0 fully saturated rings. The molecule has 1 N–H and O–H groups in total. The molecule has 4 heteroatoms. The Balaban J connectivity index is 2.15. The van der Waals surface area contributed by atoms with E-state index in [4.69, 9.17) is 4.74 Å². The van der Waals surface area contributed by atoms with Gasteiger partial charge in [0.15, 0.2) is 0 Å². The van der Waals surface area contributed by atoms with E-state index in [2.05, 4.69) is 0 Å². The fourth-order valence-corrected chi connectivity index (χ4v) is 2.45. The maximum absolute atomic E-state index is 13.8. The minimum Gasteiger partial charge on any atom is -0.489 e. The number of carboxylic acids is 1. The Bertz CT molecular complexity index is 640. The first-order chi connectivity index (χ1) is 11.1. The second-order valence-corrected chi connectivity index (χ2v) is 5.53. The van der Waals surface area contributed by atoms with E-state index < -0.39 is 17.7 Å². The van der Waals surface area contributed by atoms with Gasteiger partial charge in [-0.25, -0.2) is 4.39 Å². The SMILES string of the molecule is CCCCC(C(=O)O)c1cc(F)cc(OCc2ccccc2)c1. The van der Waals surface area contributed by atoms with Crippen molar-refractivity contribution in [2.24, 2.45) is 0 Å². The number of aliphatic carboxylic acids is 1. The summed E-state index contributed by atoms with van der Waals surface area (Å²) in [6, 6.07) is 13.7. The number of hydrogen-bond acceptors (Lipinski definition) is 2. The molecule has 0 aromatic heterocycles. The lowest BCUT2D eigenvalue weighted by Crippen LogP contribution is -2.12. The smallest absolute Gasteiger partial charge is 0.310 e. The van der Waals surface area contributed by atoms with Crippen molar-refractivity contribution in [1.82, 2.24) is 0 Å². The van der Waals surface area contributed by atoms with Crippen molar-refractivity contribution in [3.05, 3.63) is 65.5 Å². The third kappa shape index (κ3) is 5.09. The standard InChI is InChI=1S/C19H21FO3/c1-2-3-9-18(19(21)22)15-10-16(20)12-17(11-15)23-13-14-7-5-4-6-8-14/h4-8,10-12,18H,2-3,9,13H2,1H3,(H,21,22). The van der Waals surface area contributed by atoms with E-state index in [0.717, 1.165) is 18.4 Å². The summed E-state index contributed by atoms with van der Waals surface area (Å²) in [5.41, 5.74) is 1.42. The van der Waals surface area contributed by atoms with Gasteiger partial charge >= 0.3 is 5.97 Å². The Morgan fingerprint density at radius 2 is 1.96 bits per heavy atom. The molecule has 2 rings (SSSR count). The van der Waals surface area contributed by atoms with Crippen molar-refractivity contribution in [2.75, 3.05) is 0 Å². The second kappa shape index (κ2) is 8.32. The van der Waals surface area contributed by atoms with Crippen LogP contribution in [0.1, 0.15) is 43.2 Å². The van der Waals surface area contributed by atoms with Crippen LogP contribution in [0.15, 0.2) is 48.5 Å². The predicted molar refractivity (Wildman–Crippen MR) is 87.1 cm³/mol. The molecule has 0 spiro atoms. The van der Waals surface area contributed by atoms with Gasteiger partial charge in [-0.3, -0.25) is 4.79 Å². The summed E-state index contributed by atoms with van der Waals surface area (Å²) < 4.78 is 19.4. The molecule has 0 amide bonds. The second-order valence-electron chi connectivity index (χ2n) is 5.53. The highest BCUT2D eigenvalue weighted by atomic mass is 19.1. The first kappa shape index (κ1) is 17.0. The number of carbonyl (C=O) groups is 1. The van der Waals surface area contributed by atoms with E-state index in [0.29, 0.717) is 24.3 Å². The van der Waals surface area contributed by atoms with E-state index in [1.54, 1.807) is 6.07 Å². The zero-order valence-electron chi connectivity index (χ0n) is 13.2. The Morgan fingerprint density at radius 1 is 1.22 bits per heavy atom. The van der Waals surface area contributed by atoms with Crippen molar-refractivity contribution in [3.8, 4) is 5.75 Å². The Labute approximate surface area is 135 Å². The van der Waals surface area contributed by atoms with Gasteiger partial charge in [0.05, 0.1) is 5.92 Å². The molecule has 2 aromatic carbocycles. The molecule has 1 unspecified atom stereocenters. The van der Waals surface area contributed by atoms with E-state index in [9.17, 15) is 14.3 Å². The summed E-state index contributed by atoms with van der Waals surface area (Å²) in [6.07, 6.45) is 2.18. The van der Waals surface area contributed by atoms with Crippen molar-refractivity contribution in [2.45, 2.75) is 38.7 Å². The van der Waals surface area contributed by atoms with Gasteiger partial charge in [-0.2, -0.15) is 0 Å². The molecule has 0 aliphatic heterocycles. The molecule has 2 aromatic rings. The maximum atomic E-state index is 13.8. The van der Waals surface area contributed by atoms with Gasteiger partial charge in [-0.05, 0) is 29.7 Å². The summed E-state index contributed by atoms with van der Waals surface area (Å²) in [5, 5.41) is 9.38. The van der Waals surface area contributed by atoms with Crippen LogP contribution in [0, 0.1) is 5.82 Å². The van der Waals surface area contributed by atoms with Crippen molar-refractivity contribution >= 4 is 5.97 Å². The average molecular weight is 316 g/mol. The van der Waals surface area contributed by atoms with Crippen LogP contribution in [0.4, 0.5) is 4.39 Å². The van der Waals surface area contributed by atoms with Crippen LogP contribution in [0.2, 0.25) is 0 Å². The first-order valence-electron chi connectivity index (χ1n) is 7.80. The molecule has 23 heavy (non-hydrogen) atoms. The highest BCUT2D eigenvalue weighted by molar-refractivity contribution is 5.76. The molecule has 1 atom stereocenters. The minimum absolute atomic E-state index is 0.316. The Morgan fingerprint density at radius 3 is 2.61 bits per heavy atom. The molecular weight excluding hydrogens is 295 g/mol. The molecule has 122 valence electrons. The zero-order valence-corrected chi connectivity index (χ0v) is 13.2. The summed E-state index contributed by atoms with van der Waals surface area (Å²) in [7, 11) is 0. The monoisotopic (exact) mass is 316 g/mol. The van der Waals surface area contributed by atoms with Crippen molar-refractivity contribution in [3.63, 3.8) is 0 Å². The average Bonchev–Trinajstić information content (AvgIpc) is 2.53. The summed E-state index contributed by atoms with van der Waals surface area (Å²) in [5.74, 6) is -1.76. The predicted octanol–water partition coefficient (Wildman–Crippen LogP) is 4.76. The van der Waals surface area contributed by atoms with Crippen LogP contribution in [0.25, 0.3) is 0 Å². The van der Waals surface area contributed by atoms with E-state index in [1.165, 1.54) is 12.1 Å². The molecule has 0 saturated heterocycles. The quantitative estimate of drug-likeness (QED) is 0.763. The lowest BCUT2D eigenvalue weighted by atomic mass is 9.93. The van der Waals surface area contributed by atoms with Crippen LogP contribution in [-0.4, -0.2) is 11.1 Å². The van der Waals surface area contributed by atoms with Crippen LogP contribution in [-0.2, 0) is 11.4 Å². The topological polar surface area (TPSA) is 46.5 Å². The van der Waals surface area contributed by atoms with Gasteiger partial charge in [0.25, 0.3) is 0 Å². The zero-order chi connectivity index (χ0) is 16.7. The number of rotatable bonds is 8. The molecule has 0 saturated carbocycles. The lowest BCUT2D eigenvalue weighted by molar-refractivity contribution is -0.139. The van der Waals surface area contributed by atoms with Gasteiger partial charge < -0.3 is 9.84 Å². The minimum atomic E-state index is -0.932. The number of halogens is 1. The van der Waals surface area contributed by atoms with Crippen molar-refractivity contribution in [1.29, 1.82) is 0 Å². The largest absolute Gasteiger partial charge is 0.489 e. The van der Waals surface area contributed by atoms with Crippen LogP contribution < -0.4 is 4.74 Å². The van der Waals surface area contributed by atoms with Gasteiger partial charge in [0.1, 0.15) is 18.2 Å². The van der Waals surface area contributed by atoms with E-state index >= 15 is 0 Å².